The molecule has 0 atom stereocenters. The number of hydrogen-bond acceptors (Lipinski definition) is 5. The molecule has 0 saturated heterocycles. The van der Waals surface area contributed by atoms with Gasteiger partial charge in [0.2, 0.25) is 5.78 Å². The number of Topliss-reactive ketones (excluding diaryl/α,β-unsaturated/α-hetero) is 2. The number of fused-ring (bicyclic) bond motifs is 1. The van der Waals surface area contributed by atoms with Crippen LogP contribution < -0.4 is 5.32 Å². The van der Waals surface area contributed by atoms with Crippen molar-refractivity contribution in [3.63, 3.8) is 0 Å². The van der Waals surface area contributed by atoms with Gasteiger partial charge in [-0.3, -0.25) is 14.6 Å². The predicted octanol–water partition coefficient (Wildman–Crippen LogP) is 2.19. The second kappa shape index (κ2) is 4.62. The van der Waals surface area contributed by atoms with Gasteiger partial charge in [0.25, 0.3) is 5.78 Å². The van der Waals surface area contributed by atoms with E-state index in [4.69, 9.17) is 0 Å². The zero-order valence-corrected chi connectivity index (χ0v) is 10.3. The fraction of sp³-hybridized carbons (Fsp3) is 0. The molecule has 1 aromatic carbocycles. The molecule has 0 amide bonds. The largest absolute Gasteiger partial charge is 0.505 e. The fourth-order valence-electron chi connectivity index (χ4n) is 2.06. The van der Waals surface area contributed by atoms with E-state index in [9.17, 15) is 14.7 Å². The van der Waals surface area contributed by atoms with E-state index in [-0.39, 0.29) is 17.0 Å². The van der Waals surface area contributed by atoms with Gasteiger partial charge in [-0.1, -0.05) is 24.3 Å². The van der Waals surface area contributed by atoms with Gasteiger partial charge in [-0.25, -0.2) is 0 Å². The molecule has 98 valence electrons. The van der Waals surface area contributed by atoms with Gasteiger partial charge < -0.3 is 10.4 Å². The van der Waals surface area contributed by atoms with E-state index in [0.717, 1.165) is 0 Å². The molecule has 0 aliphatic heterocycles. The quantitative estimate of drug-likeness (QED) is 0.814. The number of carbonyl (C=O) groups is 2. The first-order chi connectivity index (χ1) is 9.68. The molecule has 2 aromatic rings. The lowest BCUT2D eigenvalue weighted by atomic mass is 9.91. The van der Waals surface area contributed by atoms with Crippen LogP contribution in [-0.2, 0) is 4.79 Å². The summed E-state index contributed by atoms with van der Waals surface area (Å²) in [5, 5.41) is 12.9. The van der Waals surface area contributed by atoms with E-state index in [1.165, 1.54) is 12.3 Å². The third-order valence-corrected chi connectivity index (χ3v) is 3.03. The van der Waals surface area contributed by atoms with Crippen LogP contribution >= 0.6 is 0 Å². The first-order valence-corrected chi connectivity index (χ1v) is 5.97. The lowest BCUT2D eigenvalue weighted by Gasteiger charge is -2.18. The standard InChI is InChI=1S/C15H10N2O3/c18-13-10-5-1-2-6-11(10)14(19)15(20)12(13)17-9-4-3-7-16-8-9/h1-8,17-18H. The van der Waals surface area contributed by atoms with E-state index < -0.39 is 11.6 Å². The van der Waals surface area contributed by atoms with Crippen LogP contribution in [0.1, 0.15) is 15.9 Å². The summed E-state index contributed by atoms with van der Waals surface area (Å²) >= 11 is 0. The molecule has 1 aliphatic rings. The Morgan fingerprint density at radius 3 is 2.40 bits per heavy atom. The Balaban J connectivity index is 2.10. The van der Waals surface area contributed by atoms with E-state index in [2.05, 4.69) is 10.3 Å². The number of ketones is 2. The molecule has 0 saturated carbocycles. The summed E-state index contributed by atoms with van der Waals surface area (Å²) in [7, 11) is 0. The van der Waals surface area contributed by atoms with Crippen molar-refractivity contribution < 1.29 is 14.7 Å². The van der Waals surface area contributed by atoms with Crippen LogP contribution in [0, 0.1) is 0 Å². The molecule has 0 radical (unpaired) electrons. The van der Waals surface area contributed by atoms with Crippen LogP contribution in [0.25, 0.3) is 5.76 Å². The average molecular weight is 266 g/mol. The minimum atomic E-state index is -0.759. The Morgan fingerprint density at radius 2 is 1.70 bits per heavy atom. The lowest BCUT2D eigenvalue weighted by molar-refractivity contribution is -0.111. The maximum Gasteiger partial charge on any atom is 0.253 e. The van der Waals surface area contributed by atoms with Crippen molar-refractivity contribution in [1.82, 2.24) is 4.98 Å². The van der Waals surface area contributed by atoms with Gasteiger partial charge >= 0.3 is 0 Å². The van der Waals surface area contributed by atoms with Crippen LogP contribution in [0.5, 0.6) is 0 Å². The lowest BCUT2D eigenvalue weighted by Crippen LogP contribution is -2.27. The maximum atomic E-state index is 12.1. The molecule has 0 unspecified atom stereocenters. The van der Waals surface area contributed by atoms with Gasteiger partial charge in [-0.15, -0.1) is 0 Å². The molecule has 0 bridgehead atoms. The Labute approximate surface area is 114 Å². The van der Waals surface area contributed by atoms with Crippen molar-refractivity contribution in [3.8, 4) is 0 Å². The van der Waals surface area contributed by atoms with Gasteiger partial charge in [-0.2, -0.15) is 0 Å². The molecule has 0 spiro atoms. The molecule has 5 nitrogen and oxygen atoms in total. The van der Waals surface area contributed by atoms with Gasteiger partial charge in [0.05, 0.1) is 11.9 Å². The molecular formula is C15H10N2O3. The molecule has 1 aromatic heterocycles. The zero-order chi connectivity index (χ0) is 14.1. The number of allylic oxidation sites excluding steroid dienone is 1. The highest BCUT2D eigenvalue weighted by molar-refractivity contribution is 6.52. The summed E-state index contributed by atoms with van der Waals surface area (Å²) in [5.41, 5.74) is 0.964. The van der Waals surface area contributed by atoms with Crippen molar-refractivity contribution in [2.24, 2.45) is 0 Å². The van der Waals surface area contributed by atoms with Crippen molar-refractivity contribution in [3.05, 3.63) is 65.6 Å². The molecule has 2 N–H and O–H groups in total. The molecule has 1 aliphatic carbocycles. The van der Waals surface area contributed by atoms with E-state index in [1.54, 1.807) is 36.5 Å². The Bertz CT molecular complexity index is 736. The Kier molecular flexibility index (Phi) is 2.80. The summed E-state index contributed by atoms with van der Waals surface area (Å²) in [6.45, 7) is 0. The summed E-state index contributed by atoms with van der Waals surface area (Å²) in [6, 6.07) is 9.83. The molecule has 3 rings (SSSR count). The highest BCUT2D eigenvalue weighted by Crippen LogP contribution is 2.28. The number of anilines is 1. The third kappa shape index (κ3) is 1.85. The highest BCUT2D eigenvalue weighted by atomic mass is 16.3. The van der Waals surface area contributed by atoms with Crippen molar-refractivity contribution in [2.45, 2.75) is 0 Å². The fourth-order valence-corrected chi connectivity index (χ4v) is 2.06. The summed E-state index contributed by atoms with van der Waals surface area (Å²) in [6.07, 6.45) is 3.08. The topological polar surface area (TPSA) is 79.3 Å². The van der Waals surface area contributed by atoms with Crippen LogP contribution in [0.2, 0.25) is 0 Å². The first-order valence-electron chi connectivity index (χ1n) is 5.97. The second-order valence-electron chi connectivity index (χ2n) is 4.29. The van der Waals surface area contributed by atoms with Gasteiger partial charge in [-0.05, 0) is 12.1 Å². The number of aromatic nitrogens is 1. The number of aliphatic hydroxyl groups excluding tert-OH is 1. The van der Waals surface area contributed by atoms with Crippen molar-refractivity contribution >= 4 is 23.0 Å². The van der Waals surface area contributed by atoms with Gasteiger partial charge in [0, 0.05) is 17.3 Å². The Morgan fingerprint density at radius 1 is 0.950 bits per heavy atom. The SMILES string of the molecule is O=C1C(=O)c2ccccc2C(O)=C1Nc1cccnc1. The minimum Gasteiger partial charge on any atom is -0.505 e. The van der Waals surface area contributed by atoms with Crippen LogP contribution in [0.15, 0.2) is 54.5 Å². The second-order valence-corrected chi connectivity index (χ2v) is 4.29. The van der Waals surface area contributed by atoms with Gasteiger partial charge in [0.15, 0.2) is 5.76 Å². The summed E-state index contributed by atoms with van der Waals surface area (Å²) < 4.78 is 0. The van der Waals surface area contributed by atoms with Crippen LogP contribution in [-0.4, -0.2) is 21.7 Å². The number of aliphatic hydroxyl groups is 1. The number of hydrogen-bond donors (Lipinski definition) is 2. The zero-order valence-electron chi connectivity index (χ0n) is 10.3. The van der Waals surface area contributed by atoms with Crippen LogP contribution in [0.4, 0.5) is 5.69 Å². The molecule has 5 heteroatoms. The van der Waals surface area contributed by atoms with Crippen molar-refractivity contribution in [1.29, 1.82) is 0 Å². The monoisotopic (exact) mass is 266 g/mol. The number of rotatable bonds is 2. The smallest absolute Gasteiger partial charge is 0.253 e. The van der Waals surface area contributed by atoms with E-state index >= 15 is 0 Å². The third-order valence-electron chi connectivity index (χ3n) is 3.03. The first kappa shape index (κ1) is 12.1. The number of benzene rings is 1. The van der Waals surface area contributed by atoms with Crippen LogP contribution in [0.3, 0.4) is 0 Å². The molecule has 20 heavy (non-hydrogen) atoms. The number of carbonyl (C=O) groups excluding carboxylic acids is 2. The highest BCUT2D eigenvalue weighted by Gasteiger charge is 2.32. The molecule has 0 fully saturated rings. The Hall–Kier alpha value is -2.95. The number of nitrogens with zero attached hydrogens (tertiary/aromatic N) is 1. The predicted molar refractivity (Wildman–Crippen MR) is 73.2 cm³/mol. The molecule has 1 heterocycles. The van der Waals surface area contributed by atoms with E-state index in [1.807, 2.05) is 0 Å². The molecular weight excluding hydrogens is 256 g/mol. The minimum absolute atomic E-state index is 0.123. The van der Waals surface area contributed by atoms with E-state index in [0.29, 0.717) is 11.3 Å². The average Bonchev–Trinajstić information content (AvgIpc) is 2.50. The summed E-state index contributed by atoms with van der Waals surface area (Å²) in [5.74, 6) is -1.62. The maximum absolute atomic E-state index is 12.1. The van der Waals surface area contributed by atoms with Crippen molar-refractivity contribution in [2.75, 3.05) is 5.32 Å². The number of pyridine rings is 1. The van der Waals surface area contributed by atoms with Gasteiger partial charge in [0.1, 0.15) is 5.70 Å². The number of nitrogens with one attached hydrogen (secondary N) is 1. The summed E-state index contributed by atoms with van der Waals surface area (Å²) in [4.78, 5) is 28.0. The normalized spacial score (nSPS) is 14.2.